The number of unbranched alkanes of at least 4 members (excludes halogenated alkanes) is 43. The van der Waals surface area contributed by atoms with Crippen molar-refractivity contribution in [1.82, 2.24) is 0 Å². The first-order valence-corrected chi connectivity index (χ1v) is 33.6. The standard InChI is InChI=1S/C70H128O6/c1-4-7-10-13-16-19-22-25-28-31-33-34-35-36-38-39-42-45-48-51-54-57-60-63-69(72)75-66-67(65-74-68(71)62-59-56-53-50-47-44-41-30-27-24-21-18-15-12-9-6-3)76-70(73)64-61-58-55-52-49-46-43-40-37-32-29-26-23-20-17-14-11-8-5-2/h7,10,16,19,25,28,33-34,67H,4-6,8-9,11-15,17-18,20-24,26-27,29-32,35-66H2,1-3H3/b10-7-,19-16-,28-25-,34-33-. The summed E-state index contributed by atoms with van der Waals surface area (Å²) in [6, 6.07) is 0. The maximum Gasteiger partial charge on any atom is 0.306 e. The molecule has 0 saturated carbocycles. The van der Waals surface area contributed by atoms with E-state index in [0.717, 1.165) is 83.5 Å². The summed E-state index contributed by atoms with van der Waals surface area (Å²) < 4.78 is 17.0. The van der Waals surface area contributed by atoms with E-state index in [9.17, 15) is 14.4 Å². The molecule has 76 heavy (non-hydrogen) atoms. The molecule has 6 nitrogen and oxygen atoms in total. The zero-order valence-electron chi connectivity index (χ0n) is 51.0. The highest BCUT2D eigenvalue weighted by molar-refractivity contribution is 5.71. The monoisotopic (exact) mass is 1060 g/mol. The van der Waals surface area contributed by atoms with Crippen LogP contribution in [0.25, 0.3) is 0 Å². The van der Waals surface area contributed by atoms with Crippen LogP contribution in [0.1, 0.15) is 361 Å². The van der Waals surface area contributed by atoms with E-state index in [-0.39, 0.29) is 31.1 Å². The predicted octanol–water partition coefficient (Wildman–Crippen LogP) is 22.9. The van der Waals surface area contributed by atoms with Gasteiger partial charge in [-0.25, -0.2) is 0 Å². The second-order valence-electron chi connectivity index (χ2n) is 22.7. The fourth-order valence-electron chi connectivity index (χ4n) is 10.1. The minimum absolute atomic E-state index is 0.0683. The van der Waals surface area contributed by atoms with Gasteiger partial charge in [0.25, 0.3) is 0 Å². The van der Waals surface area contributed by atoms with E-state index in [1.807, 2.05) is 0 Å². The van der Waals surface area contributed by atoms with Gasteiger partial charge in [-0.2, -0.15) is 0 Å². The van der Waals surface area contributed by atoms with Gasteiger partial charge in [0.05, 0.1) is 0 Å². The Kier molecular flexibility index (Phi) is 62.6. The van der Waals surface area contributed by atoms with Crippen LogP contribution in [0.4, 0.5) is 0 Å². The molecular weight excluding hydrogens is 937 g/mol. The predicted molar refractivity (Wildman–Crippen MR) is 330 cm³/mol. The van der Waals surface area contributed by atoms with Crippen LogP contribution >= 0.6 is 0 Å². The molecule has 0 aliphatic heterocycles. The van der Waals surface area contributed by atoms with E-state index in [1.165, 1.54) is 238 Å². The molecule has 1 unspecified atom stereocenters. The van der Waals surface area contributed by atoms with Crippen LogP contribution in [0.3, 0.4) is 0 Å². The summed E-state index contributed by atoms with van der Waals surface area (Å²) >= 11 is 0. The molecule has 444 valence electrons. The second-order valence-corrected chi connectivity index (χ2v) is 22.7. The van der Waals surface area contributed by atoms with Crippen molar-refractivity contribution in [2.75, 3.05) is 13.2 Å². The normalized spacial score (nSPS) is 12.3. The van der Waals surface area contributed by atoms with Gasteiger partial charge in [0, 0.05) is 19.3 Å². The van der Waals surface area contributed by atoms with Crippen LogP contribution in [-0.4, -0.2) is 37.2 Å². The molecular formula is C70H128O6. The summed E-state index contributed by atoms with van der Waals surface area (Å²) in [5, 5.41) is 0. The molecule has 0 N–H and O–H groups in total. The Hall–Kier alpha value is -2.63. The molecule has 1 atom stereocenters. The lowest BCUT2D eigenvalue weighted by Gasteiger charge is -2.18. The van der Waals surface area contributed by atoms with E-state index in [2.05, 4.69) is 69.4 Å². The number of esters is 3. The van der Waals surface area contributed by atoms with Crippen molar-refractivity contribution in [1.29, 1.82) is 0 Å². The van der Waals surface area contributed by atoms with Crippen molar-refractivity contribution in [3.63, 3.8) is 0 Å². The van der Waals surface area contributed by atoms with Crippen molar-refractivity contribution >= 4 is 17.9 Å². The molecule has 0 fully saturated rings. The van der Waals surface area contributed by atoms with Crippen LogP contribution in [0, 0.1) is 0 Å². The third kappa shape index (κ3) is 62.2. The average Bonchev–Trinajstić information content (AvgIpc) is 3.42. The van der Waals surface area contributed by atoms with Gasteiger partial charge < -0.3 is 14.2 Å². The number of hydrogen-bond acceptors (Lipinski definition) is 6. The molecule has 0 radical (unpaired) electrons. The Morgan fingerprint density at radius 3 is 0.803 bits per heavy atom. The summed E-state index contributed by atoms with van der Waals surface area (Å²) in [5.41, 5.74) is 0. The smallest absolute Gasteiger partial charge is 0.306 e. The fourth-order valence-corrected chi connectivity index (χ4v) is 10.1. The van der Waals surface area contributed by atoms with Crippen molar-refractivity contribution in [2.45, 2.75) is 367 Å². The summed E-state index contributed by atoms with van der Waals surface area (Å²) in [6.45, 7) is 6.60. The number of ether oxygens (including phenoxy) is 3. The van der Waals surface area contributed by atoms with E-state index in [0.29, 0.717) is 19.3 Å². The van der Waals surface area contributed by atoms with Crippen molar-refractivity contribution < 1.29 is 28.6 Å². The molecule has 0 saturated heterocycles. The lowest BCUT2D eigenvalue weighted by Crippen LogP contribution is -2.30. The Morgan fingerprint density at radius 1 is 0.276 bits per heavy atom. The molecule has 0 aromatic carbocycles. The number of carbonyl (C=O) groups excluding carboxylic acids is 3. The van der Waals surface area contributed by atoms with Gasteiger partial charge in [0.1, 0.15) is 13.2 Å². The van der Waals surface area contributed by atoms with Crippen molar-refractivity contribution in [2.24, 2.45) is 0 Å². The third-order valence-electron chi connectivity index (χ3n) is 15.1. The van der Waals surface area contributed by atoms with Crippen LogP contribution in [0.2, 0.25) is 0 Å². The highest BCUT2D eigenvalue weighted by Gasteiger charge is 2.19. The lowest BCUT2D eigenvalue weighted by molar-refractivity contribution is -0.167. The molecule has 0 amide bonds. The number of hydrogen-bond donors (Lipinski definition) is 0. The topological polar surface area (TPSA) is 78.9 Å². The van der Waals surface area contributed by atoms with Gasteiger partial charge in [0.2, 0.25) is 0 Å². The van der Waals surface area contributed by atoms with E-state index < -0.39 is 6.10 Å². The number of carbonyl (C=O) groups is 3. The Labute approximate surface area is 473 Å². The largest absolute Gasteiger partial charge is 0.462 e. The van der Waals surface area contributed by atoms with E-state index in [4.69, 9.17) is 14.2 Å². The molecule has 6 heteroatoms. The van der Waals surface area contributed by atoms with Gasteiger partial charge in [-0.1, -0.05) is 333 Å². The molecule has 0 spiro atoms. The second kappa shape index (κ2) is 64.9. The van der Waals surface area contributed by atoms with E-state index in [1.54, 1.807) is 0 Å². The Morgan fingerprint density at radius 2 is 0.513 bits per heavy atom. The molecule has 0 rings (SSSR count). The first kappa shape index (κ1) is 73.4. The van der Waals surface area contributed by atoms with Crippen LogP contribution < -0.4 is 0 Å². The molecule has 0 aliphatic rings. The van der Waals surface area contributed by atoms with Gasteiger partial charge in [0.15, 0.2) is 6.10 Å². The SMILES string of the molecule is CC/C=C\C/C=C\C/C=C\C/C=C\CCCCCCCCCCCCC(=O)OCC(COC(=O)CCCCCCCCCCCCCCCCCC)OC(=O)CCCCCCCCCCCCCCCCCCCCC. The van der Waals surface area contributed by atoms with Gasteiger partial charge in [-0.3, -0.25) is 14.4 Å². The van der Waals surface area contributed by atoms with Gasteiger partial charge in [-0.05, 0) is 57.8 Å². The summed E-state index contributed by atoms with van der Waals surface area (Å²) in [4.78, 5) is 38.4. The minimum atomic E-state index is -0.772. The van der Waals surface area contributed by atoms with Crippen LogP contribution in [-0.2, 0) is 28.6 Å². The van der Waals surface area contributed by atoms with Gasteiger partial charge >= 0.3 is 17.9 Å². The quantitative estimate of drug-likeness (QED) is 0.0261. The van der Waals surface area contributed by atoms with Crippen molar-refractivity contribution in [3.05, 3.63) is 48.6 Å². The number of allylic oxidation sites excluding steroid dienone is 8. The first-order chi connectivity index (χ1) is 37.5. The van der Waals surface area contributed by atoms with Crippen LogP contribution in [0.15, 0.2) is 48.6 Å². The maximum atomic E-state index is 12.9. The summed E-state index contributed by atoms with van der Waals surface area (Å²) in [7, 11) is 0. The van der Waals surface area contributed by atoms with Crippen molar-refractivity contribution in [3.8, 4) is 0 Å². The third-order valence-corrected chi connectivity index (χ3v) is 15.1. The highest BCUT2D eigenvalue weighted by Crippen LogP contribution is 2.18. The lowest BCUT2D eigenvalue weighted by atomic mass is 10.0. The molecule has 0 aromatic rings. The molecule has 0 bridgehead atoms. The zero-order valence-corrected chi connectivity index (χ0v) is 51.0. The fraction of sp³-hybridized carbons (Fsp3) is 0.843. The Bertz CT molecular complexity index is 1310. The molecule has 0 heterocycles. The Balaban J connectivity index is 4.31. The molecule has 0 aromatic heterocycles. The average molecular weight is 1070 g/mol. The van der Waals surface area contributed by atoms with Crippen LogP contribution in [0.5, 0.6) is 0 Å². The number of rotatable bonds is 62. The highest BCUT2D eigenvalue weighted by atomic mass is 16.6. The molecule has 0 aliphatic carbocycles. The minimum Gasteiger partial charge on any atom is -0.462 e. The summed E-state index contributed by atoms with van der Waals surface area (Å²) in [5.74, 6) is -0.845. The van der Waals surface area contributed by atoms with E-state index >= 15 is 0 Å². The first-order valence-electron chi connectivity index (χ1n) is 33.6. The van der Waals surface area contributed by atoms with Gasteiger partial charge in [-0.15, -0.1) is 0 Å². The maximum absolute atomic E-state index is 12.9. The summed E-state index contributed by atoms with van der Waals surface area (Å²) in [6.07, 6.45) is 81.2. The zero-order chi connectivity index (χ0) is 55.0.